The Balaban J connectivity index is 2.71. The van der Waals surface area contributed by atoms with E-state index >= 15 is 0 Å². The first-order valence-electron chi connectivity index (χ1n) is 5.98. The molecule has 0 N–H and O–H groups in total. The molecule has 0 spiro atoms. The lowest BCUT2D eigenvalue weighted by Crippen LogP contribution is -1.99. The lowest BCUT2D eigenvalue weighted by molar-refractivity contribution is 0.676. The first kappa shape index (κ1) is 11.8. The molecule has 90 valence electrons. The van der Waals surface area contributed by atoms with Crippen molar-refractivity contribution < 1.29 is 0 Å². The highest BCUT2D eigenvalue weighted by molar-refractivity contribution is 5.58. The molecule has 0 aliphatic rings. The van der Waals surface area contributed by atoms with Crippen molar-refractivity contribution in [3.8, 4) is 0 Å². The number of rotatable bonds is 4. The van der Waals surface area contributed by atoms with E-state index in [0.29, 0.717) is 12.3 Å². The van der Waals surface area contributed by atoms with Crippen LogP contribution in [0.3, 0.4) is 0 Å². The Bertz CT molecular complexity index is 530. The van der Waals surface area contributed by atoms with E-state index in [1.165, 1.54) is 0 Å². The molecule has 0 radical (unpaired) electrons. The van der Waals surface area contributed by atoms with Crippen LogP contribution < -0.4 is 0 Å². The Kier molecular flexibility index (Phi) is 3.22. The van der Waals surface area contributed by atoms with Gasteiger partial charge in [0, 0.05) is 11.8 Å². The maximum absolute atomic E-state index is 11.0. The van der Waals surface area contributed by atoms with E-state index in [0.717, 1.165) is 16.8 Å². The third kappa shape index (κ3) is 1.95. The minimum atomic E-state index is -0.299. The van der Waals surface area contributed by atoms with Crippen molar-refractivity contribution in [1.82, 2.24) is 9.61 Å². The second-order valence-electron chi connectivity index (χ2n) is 4.51. The summed E-state index contributed by atoms with van der Waals surface area (Å²) in [5, 5.41) is 7.79. The lowest BCUT2D eigenvalue weighted by atomic mass is 9.98. The van der Waals surface area contributed by atoms with Crippen LogP contribution in [0.4, 0.5) is 0 Å². The Labute approximate surface area is 101 Å². The third-order valence-electron chi connectivity index (χ3n) is 3.00. The van der Waals surface area contributed by atoms with E-state index in [2.05, 4.69) is 24.1 Å². The average Bonchev–Trinajstić information content (AvgIpc) is 2.71. The molecule has 0 aromatic carbocycles. The van der Waals surface area contributed by atoms with Gasteiger partial charge in [-0.15, -0.1) is 0 Å². The van der Waals surface area contributed by atoms with E-state index in [1.54, 1.807) is 0 Å². The molecule has 0 saturated heterocycles. The highest BCUT2D eigenvalue weighted by atomic mass is 16.3. The predicted octanol–water partition coefficient (Wildman–Crippen LogP) is 3.68. The Morgan fingerprint density at radius 2 is 2.18 bits per heavy atom. The van der Waals surface area contributed by atoms with Crippen LogP contribution in [0.1, 0.15) is 50.4 Å². The van der Waals surface area contributed by atoms with Gasteiger partial charge in [-0.05, 0) is 24.5 Å². The van der Waals surface area contributed by atoms with Gasteiger partial charge in [-0.25, -0.2) is 4.52 Å². The van der Waals surface area contributed by atoms with Crippen molar-refractivity contribution in [1.29, 1.82) is 0 Å². The molecule has 0 amide bonds. The maximum atomic E-state index is 11.0. The van der Waals surface area contributed by atoms with Crippen LogP contribution in [-0.4, -0.2) is 9.61 Å². The molecule has 0 aliphatic heterocycles. The van der Waals surface area contributed by atoms with E-state index in [-0.39, 0.29) is 6.04 Å². The third-order valence-corrected chi connectivity index (χ3v) is 3.00. The van der Waals surface area contributed by atoms with Crippen LogP contribution in [-0.2, 0) is 0 Å². The summed E-state index contributed by atoms with van der Waals surface area (Å²) in [5.41, 5.74) is 2.95. The molecule has 1 unspecified atom stereocenters. The predicted molar refractivity (Wildman–Crippen MR) is 68.1 cm³/mol. The molecule has 4 nitrogen and oxygen atoms in total. The van der Waals surface area contributed by atoms with Crippen LogP contribution >= 0.6 is 0 Å². The van der Waals surface area contributed by atoms with E-state index in [1.807, 2.05) is 35.8 Å². The number of pyridine rings is 1. The first-order valence-corrected chi connectivity index (χ1v) is 5.98. The number of hydrogen-bond donors (Lipinski definition) is 0. The van der Waals surface area contributed by atoms with Crippen molar-refractivity contribution in [2.75, 3.05) is 0 Å². The molecule has 0 saturated carbocycles. The summed E-state index contributed by atoms with van der Waals surface area (Å²) in [7, 11) is 0. The molecule has 0 aliphatic carbocycles. The summed E-state index contributed by atoms with van der Waals surface area (Å²) in [4.78, 5) is 11.0. The minimum absolute atomic E-state index is 0.292. The zero-order valence-electron chi connectivity index (χ0n) is 10.4. The molecule has 0 fully saturated rings. The van der Waals surface area contributed by atoms with Gasteiger partial charge in [0.2, 0.25) is 0 Å². The molecular formula is C13H17N3O. The van der Waals surface area contributed by atoms with Gasteiger partial charge in [-0.2, -0.15) is 10.0 Å². The van der Waals surface area contributed by atoms with Crippen LogP contribution in [0.2, 0.25) is 0 Å². The van der Waals surface area contributed by atoms with Gasteiger partial charge in [0.05, 0.1) is 11.2 Å². The Hall–Kier alpha value is -1.71. The quantitative estimate of drug-likeness (QED) is 0.753. The summed E-state index contributed by atoms with van der Waals surface area (Å²) in [6.45, 7) is 6.15. The molecule has 0 bridgehead atoms. The molecule has 2 rings (SSSR count). The molecule has 2 heterocycles. The van der Waals surface area contributed by atoms with Gasteiger partial charge >= 0.3 is 0 Å². The Morgan fingerprint density at radius 3 is 2.76 bits per heavy atom. The Morgan fingerprint density at radius 1 is 1.41 bits per heavy atom. The van der Waals surface area contributed by atoms with Crippen LogP contribution in [0.25, 0.3) is 5.52 Å². The van der Waals surface area contributed by atoms with Crippen molar-refractivity contribution in [3.05, 3.63) is 40.6 Å². The van der Waals surface area contributed by atoms with Crippen LogP contribution in [0, 0.1) is 4.91 Å². The fourth-order valence-corrected chi connectivity index (χ4v) is 2.14. The molecular weight excluding hydrogens is 214 g/mol. The van der Waals surface area contributed by atoms with Gasteiger partial charge < -0.3 is 0 Å². The zero-order valence-corrected chi connectivity index (χ0v) is 10.4. The summed E-state index contributed by atoms with van der Waals surface area (Å²) in [6.07, 6.45) is 2.61. The van der Waals surface area contributed by atoms with Crippen LogP contribution in [0.15, 0.2) is 29.6 Å². The molecule has 4 heteroatoms. The van der Waals surface area contributed by atoms with Gasteiger partial charge in [0.1, 0.15) is 6.04 Å². The number of nitrogens with zero attached hydrogens (tertiary/aromatic N) is 3. The lowest BCUT2D eigenvalue weighted by Gasteiger charge is -2.09. The van der Waals surface area contributed by atoms with Gasteiger partial charge in [-0.1, -0.05) is 32.0 Å². The zero-order chi connectivity index (χ0) is 12.4. The standard InChI is InChI=1S/C13H17N3O/c1-4-10(15-17)12-11-7-5-6-8-16(11)14-13(12)9(2)3/h5-10H,4H2,1-3H3. The van der Waals surface area contributed by atoms with Crippen molar-refractivity contribution in [3.63, 3.8) is 0 Å². The number of aromatic nitrogens is 2. The van der Waals surface area contributed by atoms with Crippen LogP contribution in [0.5, 0.6) is 0 Å². The van der Waals surface area contributed by atoms with Crippen molar-refractivity contribution in [2.24, 2.45) is 5.18 Å². The van der Waals surface area contributed by atoms with Crippen molar-refractivity contribution >= 4 is 5.52 Å². The van der Waals surface area contributed by atoms with E-state index < -0.39 is 0 Å². The molecule has 2 aromatic heterocycles. The molecule has 1 atom stereocenters. The smallest absolute Gasteiger partial charge is 0.121 e. The number of nitroso groups, excluding NO2 is 1. The summed E-state index contributed by atoms with van der Waals surface area (Å²) >= 11 is 0. The topological polar surface area (TPSA) is 46.7 Å². The van der Waals surface area contributed by atoms with Gasteiger partial charge in [0.15, 0.2) is 0 Å². The first-order chi connectivity index (χ1) is 8.19. The summed E-state index contributed by atoms with van der Waals surface area (Å²) < 4.78 is 1.83. The minimum Gasteiger partial charge on any atom is -0.240 e. The number of fused-ring (bicyclic) bond motifs is 1. The fraction of sp³-hybridized carbons (Fsp3) is 0.462. The second kappa shape index (κ2) is 4.65. The second-order valence-corrected chi connectivity index (χ2v) is 4.51. The van der Waals surface area contributed by atoms with Crippen molar-refractivity contribution in [2.45, 2.75) is 39.2 Å². The number of hydrogen-bond acceptors (Lipinski definition) is 3. The van der Waals surface area contributed by atoms with Gasteiger partial charge in [-0.3, -0.25) is 0 Å². The summed E-state index contributed by atoms with van der Waals surface area (Å²) in [6, 6.07) is 5.58. The molecule has 2 aromatic rings. The highest BCUT2D eigenvalue weighted by Crippen LogP contribution is 2.32. The summed E-state index contributed by atoms with van der Waals surface area (Å²) in [5.74, 6) is 0.292. The van der Waals surface area contributed by atoms with Gasteiger partial charge in [0.25, 0.3) is 0 Å². The van der Waals surface area contributed by atoms with E-state index in [9.17, 15) is 4.91 Å². The normalized spacial score (nSPS) is 13.2. The molecule has 17 heavy (non-hydrogen) atoms. The highest BCUT2D eigenvalue weighted by Gasteiger charge is 2.22. The fourth-order valence-electron chi connectivity index (χ4n) is 2.14. The van der Waals surface area contributed by atoms with E-state index in [4.69, 9.17) is 0 Å². The average molecular weight is 231 g/mol. The monoisotopic (exact) mass is 231 g/mol. The SMILES string of the molecule is CCC(N=O)c1c(C(C)C)nn2ccccc12. The largest absolute Gasteiger partial charge is 0.240 e. The maximum Gasteiger partial charge on any atom is 0.121 e.